The molecule has 1 rings (SSSR count). The van der Waals surface area contributed by atoms with Crippen LogP contribution in [-0.4, -0.2) is 31.2 Å². The van der Waals surface area contributed by atoms with Gasteiger partial charge in [0.15, 0.2) is 0 Å². The van der Waals surface area contributed by atoms with Gasteiger partial charge in [0.2, 0.25) is 0 Å². The molecule has 0 aromatic heterocycles. The number of carbonyl (C=O) groups excluding carboxylic acids is 1. The summed E-state index contributed by atoms with van der Waals surface area (Å²) in [4.78, 5) is 12.8. The van der Waals surface area contributed by atoms with Gasteiger partial charge in [-0.3, -0.25) is 0 Å². The molecule has 0 saturated carbocycles. The number of methoxy groups -OCH3 is 1. The first-order valence-electron chi connectivity index (χ1n) is 4.91. The first-order valence-corrected chi connectivity index (χ1v) is 4.91. The van der Waals surface area contributed by atoms with Crippen LogP contribution in [0.4, 0.5) is 4.79 Å². The number of nitriles is 1. The average Bonchev–Trinajstić information content (AvgIpc) is 2.27. The van der Waals surface area contributed by atoms with Crippen molar-refractivity contribution in [1.29, 1.82) is 5.26 Å². The van der Waals surface area contributed by atoms with Gasteiger partial charge in [0.05, 0.1) is 13.2 Å². The van der Waals surface area contributed by atoms with E-state index in [4.69, 9.17) is 5.26 Å². The van der Waals surface area contributed by atoms with E-state index in [9.17, 15) is 4.79 Å². The lowest BCUT2D eigenvalue weighted by Crippen LogP contribution is -2.39. The summed E-state index contributed by atoms with van der Waals surface area (Å²) in [5.74, 6) is 0.524. The van der Waals surface area contributed by atoms with Gasteiger partial charge >= 0.3 is 6.09 Å². The van der Waals surface area contributed by atoms with Gasteiger partial charge in [-0.05, 0) is 25.7 Å². The molecule has 1 heterocycles. The number of likely N-dealkylation sites (tertiary alicyclic amines) is 1. The van der Waals surface area contributed by atoms with Gasteiger partial charge in [-0.25, -0.2) is 4.79 Å². The molecule has 4 heteroatoms. The Morgan fingerprint density at radius 3 is 2.57 bits per heavy atom. The largest absolute Gasteiger partial charge is 0.453 e. The van der Waals surface area contributed by atoms with Crippen molar-refractivity contribution in [3.63, 3.8) is 0 Å². The molecule has 1 saturated heterocycles. The predicted octanol–water partition coefficient (Wildman–Crippen LogP) is 1.62. The van der Waals surface area contributed by atoms with Crippen molar-refractivity contribution >= 4 is 6.09 Å². The smallest absolute Gasteiger partial charge is 0.409 e. The topological polar surface area (TPSA) is 53.3 Å². The molecule has 0 aliphatic carbocycles. The molecule has 1 amide bonds. The highest BCUT2D eigenvalue weighted by Gasteiger charge is 2.26. The maximum Gasteiger partial charge on any atom is 0.409 e. The molecular weight excluding hydrogens is 180 g/mol. The highest BCUT2D eigenvalue weighted by Crippen LogP contribution is 2.24. The molecule has 1 aliphatic heterocycles. The first kappa shape index (κ1) is 10.8. The molecule has 1 atom stereocenters. The lowest BCUT2D eigenvalue weighted by atomic mass is 9.86. The van der Waals surface area contributed by atoms with Gasteiger partial charge < -0.3 is 9.64 Å². The summed E-state index contributed by atoms with van der Waals surface area (Å²) in [6, 6.07) is 2.26. The minimum absolute atomic E-state index is 0.0924. The zero-order chi connectivity index (χ0) is 10.6. The van der Waals surface area contributed by atoms with Crippen molar-refractivity contribution in [3.8, 4) is 6.07 Å². The molecule has 14 heavy (non-hydrogen) atoms. The summed E-state index contributed by atoms with van der Waals surface area (Å²) < 4.78 is 4.63. The standard InChI is InChI=1S/C10H16N2O2/c1-8(7-11)9-3-5-12(6-4-9)10(13)14-2/h8-9H,3-6H2,1-2H3. The van der Waals surface area contributed by atoms with Crippen LogP contribution in [0.15, 0.2) is 0 Å². The quantitative estimate of drug-likeness (QED) is 0.640. The second-order valence-corrected chi connectivity index (χ2v) is 3.71. The molecule has 1 fully saturated rings. The molecule has 4 nitrogen and oxygen atoms in total. The normalized spacial score (nSPS) is 19.9. The van der Waals surface area contributed by atoms with E-state index in [2.05, 4.69) is 10.8 Å². The summed E-state index contributed by atoms with van der Waals surface area (Å²) >= 11 is 0. The lowest BCUT2D eigenvalue weighted by Gasteiger charge is -2.31. The number of ether oxygens (including phenoxy) is 1. The van der Waals surface area contributed by atoms with Crippen LogP contribution in [0.5, 0.6) is 0 Å². The fourth-order valence-corrected chi connectivity index (χ4v) is 1.82. The van der Waals surface area contributed by atoms with E-state index in [0.717, 1.165) is 12.8 Å². The number of hydrogen-bond donors (Lipinski definition) is 0. The zero-order valence-corrected chi connectivity index (χ0v) is 8.69. The molecule has 0 aromatic rings. The van der Waals surface area contributed by atoms with E-state index >= 15 is 0 Å². The second kappa shape index (κ2) is 4.85. The summed E-state index contributed by atoms with van der Waals surface area (Å²) in [6.07, 6.45) is 1.56. The summed E-state index contributed by atoms with van der Waals surface area (Å²) in [6.45, 7) is 3.37. The minimum atomic E-state index is -0.256. The van der Waals surface area contributed by atoms with Crippen LogP contribution in [0.1, 0.15) is 19.8 Å². The molecule has 0 bridgehead atoms. The SMILES string of the molecule is COC(=O)N1CCC(C(C)C#N)CC1. The van der Waals surface area contributed by atoms with E-state index in [0.29, 0.717) is 19.0 Å². The first-order chi connectivity index (χ1) is 6.69. The van der Waals surface area contributed by atoms with Gasteiger partial charge in [0.1, 0.15) is 0 Å². The molecule has 0 N–H and O–H groups in total. The van der Waals surface area contributed by atoms with Crippen LogP contribution in [-0.2, 0) is 4.74 Å². The van der Waals surface area contributed by atoms with Crippen molar-refractivity contribution in [3.05, 3.63) is 0 Å². The van der Waals surface area contributed by atoms with Gasteiger partial charge in [0.25, 0.3) is 0 Å². The number of piperidine rings is 1. The Hall–Kier alpha value is -1.24. The average molecular weight is 196 g/mol. The van der Waals surface area contributed by atoms with Crippen molar-refractivity contribution in [2.75, 3.05) is 20.2 Å². The number of rotatable bonds is 1. The summed E-state index contributed by atoms with van der Waals surface area (Å²) in [7, 11) is 1.40. The predicted molar refractivity (Wildman–Crippen MR) is 51.5 cm³/mol. The van der Waals surface area contributed by atoms with E-state index in [1.165, 1.54) is 7.11 Å². The van der Waals surface area contributed by atoms with Crippen molar-refractivity contribution in [2.45, 2.75) is 19.8 Å². The van der Waals surface area contributed by atoms with Gasteiger partial charge in [-0.1, -0.05) is 0 Å². The molecule has 1 aliphatic rings. The molecule has 0 aromatic carbocycles. The van der Waals surface area contributed by atoms with Gasteiger partial charge in [0, 0.05) is 19.0 Å². The Kier molecular flexibility index (Phi) is 3.75. The van der Waals surface area contributed by atoms with E-state index in [-0.39, 0.29) is 12.0 Å². The molecule has 0 spiro atoms. The van der Waals surface area contributed by atoms with E-state index < -0.39 is 0 Å². The van der Waals surface area contributed by atoms with Crippen LogP contribution < -0.4 is 0 Å². The third-order valence-electron chi connectivity index (χ3n) is 2.88. The Balaban J connectivity index is 2.39. The Bertz CT molecular complexity index is 239. The maximum absolute atomic E-state index is 11.2. The van der Waals surface area contributed by atoms with Gasteiger partial charge in [-0.2, -0.15) is 5.26 Å². The van der Waals surface area contributed by atoms with Crippen molar-refractivity contribution in [2.24, 2.45) is 11.8 Å². The molecule has 0 radical (unpaired) electrons. The lowest BCUT2D eigenvalue weighted by molar-refractivity contribution is 0.102. The highest BCUT2D eigenvalue weighted by atomic mass is 16.5. The number of hydrogen-bond acceptors (Lipinski definition) is 3. The third-order valence-corrected chi connectivity index (χ3v) is 2.88. The van der Waals surface area contributed by atoms with Crippen LogP contribution in [0.3, 0.4) is 0 Å². The van der Waals surface area contributed by atoms with Crippen molar-refractivity contribution in [1.82, 2.24) is 4.90 Å². The van der Waals surface area contributed by atoms with Crippen molar-refractivity contribution < 1.29 is 9.53 Å². The third kappa shape index (κ3) is 2.38. The molecule has 78 valence electrons. The fourth-order valence-electron chi connectivity index (χ4n) is 1.82. The minimum Gasteiger partial charge on any atom is -0.453 e. The Morgan fingerprint density at radius 2 is 2.14 bits per heavy atom. The van der Waals surface area contributed by atoms with Crippen LogP contribution >= 0.6 is 0 Å². The highest BCUT2D eigenvalue weighted by molar-refractivity contribution is 5.67. The Morgan fingerprint density at radius 1 is 1.57 bits per heavy atom. The second-order valence-electron chi connectivity index (χ2n) is 3.71. The van der Waals surface area contributed by atoms with Crippen LogP contribution in [0.25, 0.3) is 0 Å². The molecular formula is C10H16N2O2. The van der Waals surface area contributed by atoms with Crippen LogP contribution in [0.2, 0.25) is 0 Å². The number of amides is 1. The fraction of sp³-hybridized carbons (Fsp3) is 0.800. The van der Waals surface area contributed by atoms with E-state index in [1.54, 1.807) is 4.90 Å². The maximum atomic E-state index is 11.2. The Labute approximate surface area is 84.4 Å². The monoisotopic (exact) mass is 196 g/mol. The number of carbonyl (C=O) groups is 1. The number of nitrogens with zero attached hydrogens (tertiary/aromatic N) is 2. The summed E-state index contributed by atoms with van der Waals surface area (Å²) in [5.41, 5.74) is 0. The zero-order valence-electron chi connectivity index (χ0n) is 8.69. The summed E-state index contributed by atoms with van der Waals surface area (Å²) in [5, 5.41) is 8.75. The van der Waals surface area contributed by atoms with Gasteiger partial charge in [-0.15, -0.1) is 0 Å². The molecule has 1 unspecified atom stereocenters. The van der Waals surface area contributed by atoms with E-state index in [1.807, 2.05) is 6.92 Å². The van der Waals surface area contributed by atoms with Crippen LogP contribution in [0, 0.1) is 23.2 Å².